The quantitative estimate of drug-likeness (QED) is 0.761. The van der Waals surface area contributed by atoms with Gasteiger partial charge in [-0.2, -0.15) is 4.98 Å². The van der Waals surface area contributed by atoms with Crippen molar-refractivity contribution in [3.63, 3.8) is 0 Å². The molecule has 2 heterocycles. The molecule has 0 radical (unpaired) electrons. The van der Waals surface area contributed by atoms with Gasteiger partial charge in [-0.3, -0.25) is 9.69 Å². The molecule has 1 aromatic carbocycles. The Morgan fingerprint density at radius 1 is 1.56 bits per heavy atom. The molecular formula is C13H9BrN2O2. The number of nitrogens with zero attached hydrogens (tertiary/aromatic N) is 2. The third-order valence-corrected chi connectivity index (χ3v) is 3.42. The van der Waals surface area contributed by atoms with Crippen LogP contribution in [0.15, 0.2) is 27.1 Å². The highest BCUT2D eigenvalue weighted by Crippen LogP contribution is 2.28. The Morgan fingerprint density at radius 2 is 2.39 bits per heavy atom. The Labute approximate surface area is 112 Å². The van der Waals surface area contributed by atoms with Crippen LogP contribution in [0.1, 0.15) is 6.42 Å². The summed E-state index contributed by atoms with van der Waals surface area (Å²) in [5, 5.41) is 0. The Morgan fingerprint density at radius 3 is 3.11 bits per heavy atom. The van der Waals surface area contributed by atoms with Gasteiger partial charge in [-0.15, -0.1) is 12.3 Å². The molecule has 0 aliphatic carbocycles. The molecule has 5 heteroatoms. The molecule has 3 rings (SSSR count). The van der Waals surface area contributed by atoms with E-state index in [0.29, 0.717) is 24.6 Å². The van der Waals surface area contributed by atoms with Gasteiger partial charge >= 0.3 is 6.01 Å². The van der Waals surface area contributed by atoms with Crippen molar-refractivity contribution in [2.75, 3.05) is 11.4 Å². The first kappa shape index (κ1) is 11.3. The number of benzene rings is 1. The fraction of sp³-hybridized carbons (Fsp3) is 0.231. The number of hydrogen-bond acceptors (Lipinski definition) is 3. The summed E-state index contributed by atoms with van der Waals surface area (Å²) in [7, 11) is 0. The van der Waals surface area contributed by atoms with E-state index in [2.05, 4.69) is 26.8 Å². The van der Waals surface area contributed by atoms with Crippen LogP contribution in [-0.2, 0) is 4.79 Å². The molecule has 1 atom stereocenters. The van der Waals surface area contributed by atoms with Crippen molar-refractivity contribution < 1.29 is 9.21 Å². The number of fused-ring (bicyclic) bond motifs is 1. The second kappa shape index (κ2) is 4.14. The second-order valence-corrected chi connectivity index (χ2v) is 5.10. The zero-order chi connectivity index (χ0) is 12.7. The molecule has 18 heavy (non-hydrogen) atoms. The summed E-state index contributed by atoms with van der Waals surface area (Å²) in [5.74, 6) is 2.50. The minimum Gasteiger partial charge on any atom is -0.423 e. The van der Waals surface area contributed by atoms with Crippen molar-refractivity contribution in [1.82, 2.24) is 4.98 Å². The van der Waals surface area contributed by atoms with E-state index in [1.54, 1.807) is 0 Å². The van der Waals surface area contributed by atoms with Crippen molar-refractivity contribution in [3.05, 3.63) is 22.7 Å². The summed E-state index contributed by atoms with van der Waals surface area (Å²) in [6, 6.07) is 5.87. The number of amides is 1. The summed E-state index contributed by atoms with van der Waals surface area (Å²) in [4.78, 5) is 17.6. The van der Waals surface area contributed by atoms with Gasteiger partial charge in [0.2, 0.25) is 5.91 Å². The third kappa shape index (κ3) is 1.79. The van der Waals surface area contributed by atoms with Gasteiger partial charge in [0.25, 0.3) is 0 Å². The lowest BCUT2D eigenvalue weighted by molar-refractivity contribution is -0.117. The molecule has 1 fully saturated rings. The number of anilines is 1. The molecule has 2 aromatic rings. The Hall–Kier alpha value is -1.80. The van der Waals surface area contributed by atoms with Crippen molar-refractivity contribution in [1.29, 1.82) is 0 Å². The van der Waals surface area contributed by atoms with Gasteiger partial charge < -0.3 is 4.42 Å². The number of oxazole rings is 1. The number of terminal acetylenes is 1. The van der Waals surface area contributed by atoms with Gasteiger partial charge in [0, 0.05) is 23.4 Å². The number of rotatable bonds is 1. The highest BCUT2D eigenvalue weighted by Gasteiger charge is 2.32. The first-order valence-corrected chi connectivity index (χ1v) is 6.29. The average molecular weight is 305 g/mol. The first-order chi connectivity index (χ1) is 8.67. The van der Waals surface area contributed by atoms with Crippen LogP contribution in [0.25, 0.3) is 11.1 Å². The molecule has 1 aliphatic heterocycles. The monoisotopic (exact) mass is 304 g/mol. The molecule has 1 aromatic heterocycles. The summed E-state index contributed by atoms with van der Waals surface area (Å²) >= 11 is 3.36. The SMILES string of the molecule is C#CC1CC(=O)N(c2nc3ccc(Br)cc3o2)C1. The van der Waals surface area contributed by atoms with Crippen LogP contribution in [0.2, 0.25) is 0 Å². The van der Waals surface area contributed by atoms with E-state index < -0.39 is 0 Å². The van der Waals surface area contributed by atoms with Crippen LogP contribution in [-0.4, -0.2) is 17.4 Å². The lowest BCUT2D eigenvalue weighted by Crippen LogP contribution is -2.24. The Bertz CT molecular complexity index is 671. The molecule has 4 nitrogen and oxygen atoms in total. The minimum absolute atomic E-state index is 0.0384. The summed E-state index contributed by atoms with van der Waals surface area (Å²) < 4.78 is 6.50. The standard InChI is InChI=1S/C13H9BrN2O2/c1-2-8-5-12(17)16(7-8)13-15-10-4-3-9(14)6-11(10)18-13/h1,3-4,6,8H,5,7H2. The highest BCUT2D eigenvalue weighted by molar-refractivity contribution is 9.10. The van der Waals surface area contributed by atoms with Crippen molar-refractivity contribution >= 4 is 39.0 Å². The number of halogens is 1. The van der Waals surface area contributed by atoms with Gasteiger partial charge in [0.1, 0.15) is 5.52 Å². The van der Waals surface area contributed by atoms with Crippen molar-refractivity contribution in [2.45, 2.75) is 6.42 Å². The zero-order valence-electron chi connectivity index (χ0n) is 9.39. The lowest BCUT2D eigenvalue weighted by atomic mass is 10.1. The van der Waals surface area contributed by atoms with E-state index in [4.69, 9.17) is 10.8 Å². The number of aromatic nitrogens is 1. The maximum absolute atomic E-state index is 11.8. The highest BCUT2D eigenvalue weighted by atomic mass is 79.9. The van der Waals surface area contributed by atoms with Crippen LogP contribution in [0.3, 0.4) is 0 Å². The van der Waals surface area contributed by atoms with Crippen LogP contribution in [0.5, 0.6) is 0 Å². The number of hydrogen-bond donors (Lipinski definition) is 0. The fourth-order valence-electron chi connectivity index (χ4n) is 2.01. The second-order valence-electron chi connectivity index (χ2n) is 4.18. The van der Waals surface area contributed by atoms with E-state index in [1.165, 1.54) is 4.90 Å². The molecule has 1 unspecified atom stereocenters. The van der Waals surface area contributed by atoms with Gasteiger partial charge in [0.05, 0.1) is 0 Å². The Kier molecular flexibility index (Phi) is 2.60. The molecule has 0 saturated carbocycles. The topological polar surface area (TPSA) is 46.3 Å². The minimum atomic E-state index is -0.0563. The predicted molar refractivity (Wildman–Crippen MR) is 71.0 cm³/mol. The van der Waals surface area contributed by atoms with E-state index >= 15 is 0 Å². The summed E-state index contributed by atoms with van der Waals surface area (Å²) in [6.45, 7) is 0.476. The van der Waals surface area contributed by atoms with Gasteiger partial charge in [-0.25, -0.2) is 0 Å². The van der Waals surface area contributed by atoms with E-state index in [0.717, 1.165) is 9.99 Å². The molecule has 90 valence electrons. The molecule has 0 N–H and O–H groups in total. The van der Waals surface area contributed by atoms with Crippen LogP contribution >= 0.6 is 15.9 Å². The number of carbonyl (C=O) groups excluding carboxylic acids is 1. The van der Waals surface area contributed by atoms with E-state index in [9.17, 15) is 4.79 Å². The van der Waals surface area contributed by atoms with E-state index in [-0.39, 0.29) is 11.8 Å². The predicted octanol–water partition coefficient (Wildman–Crippen LogP) is 2.58. The third-order valence-electron chi connectivity index (χ3n) is 2.93. The van der Waals surface area contributed by atoms with Gasteiger partial charge in [0.15, 0.2) is 5.58 Å². The van der Waals surface area contributed by atoms with Crippen molar-refractivity contribution in [3.8, 4) is 12.3 Å². The average Bonchev–Trinajstić information content (AvgIpc) is 2.91. The van der Waals surface area contributed by atoms with Crippen LogP contribution in [0.4, 0.5) is 6.01 Å². The molecule has 0 spiro atoms. The van der Waals surface area contributed by atoms with Crippen LogP contribution in [0, 0.1) is 18.3 Å². The normalized spacial score (nSPS) is 19.4. The summed E-state index contributed by atoms with van der Waals surface area (Å²) in [6.07, 6.45) is 5.71. The zero-order valence-corrected chi connectivity index (χ0v) is 11.0. The molecular weight excluding hydrogens is 296 g/mol. The summed E-state index contributed by atoms with van der Waals surface area (Å²) in [5.41, 5.74) is 1.38. The van der Waals surface area contributed by atoms with Crippen molar-refractivity contribution in [2.24, 2.45) is 5.92 Å². The van der Waals surface area contributed by atoms with Crippen LogP contribution < -0.4 is 4.90 Å². The van der Waals surface area contributed by atoms with Gasteiger partial charge in [-0.05, 0) is 18.2 Å². The lowest BCUT2D eigenvalue weighted by Gasteiger charge is -2.09. The largest absolute Gasteiger partial charge is 0.423 e. The Balaban J connectivity index is 2.00. The van der Waals surface area contributed by atoms with E-state index in [1.807, 2.05) is 18.2 Å². The maximum Gasteiger partial charge on any atom is 0.305 e. The number of carbonyl (C=O) groups is 1. The molecule has 0 bridgehead atoms. The fourth-order valence-corrected chi connectivity index (χ4v) is 2.35. The smallest absolute Gasteiger partial charge is 0.305 e. The van der Waals surface area contributed by atoms with Gasteiger partial charge in [-0.1, -0.05) is 15.9 Å². The maximum atomic E-state index is 11.8. The molecule has 1 aliphatic rings. The molecule has 1 amide bonds. The molecule has 1 saturated heterocycles. The first-order valence-electron chi connectivity index (χ1n) is 5.50.